The highest BCUT2D eigenvalue weighted by Crippen LogP contribution is 2.25. The molecular weight excluding hydrogens is 382 g/mol. The summed E-state index contributed by atoms with van der Waals surface area (Å²) in [6.45, 7) is 3.35. The lowest BCUT2D eigenvalue weighted by atomic mass is 10.1. The maximum atomic E-state index is 12.5. The van der Waals surface area contributed by atoms with E-state index >= 15 is 0 Å². The van der Waals surface area contributed by atoms with Gasteiger partial charge in [-0.1, -0.05) is 6.07 Å². The quantitative estimate of drug-likeness (QED) is 0.507. The molecule has 1 aromatic carbocycles. The van der Waals surface area contributed by atoms with Crippen LogP contribution in [-0.2, 0) is 19.6 Å². The van der Waals surface area contributed by atoms with Gasteiger partial charge in [0.1, 0.15) is 22.9 Å². The summed E-state index contributed by atoms with van der Waals surface area (Å²) in [6.07, 6.45) is 3.36. The number of methoxy groups -OCH3 is 1. The summed E-state index contributed by atoms with van der Waals surface area (Å²) in [5, 5.41) is 10.4. The smallest absolute Gasteiger partial charge is 0.258 e. The van der Waals surface area contributed by atoms with Crippen LogP contribution in [0.1, 0.15) is 22.6 Å². The largest absolute Gasteiger partial charge is 0.507 e. The fraction of sp³-hybridized carbons (Fsp3) is 0.217. The van der Waals surface area contributed by atoms with Crippen LogP contribution >= 0.6 is 0 Å². The van der Waals surface area contributed by atoms with E-state index in [0.717, 1.165) is 16.9 Å². The van der Waals surface area contributed by atoms with Crippen molar-refractivity contribution < 1.29 is 14.3 Å². The number of hydrogen-bond acceptors (Lipinski definition) is 6. The van der Waals surface area contributed by atoms with Crippen molar-refractivity contribution in [2.75, 3.05) is 7.11 Å². The Morgan fingerprint density at radius 3 is 2.73 bits per heavy atom. The van der Waals surface area contributed by atoms with Gasteiger partial charge in [-0.15, -0.1) is 0 Å². The molecule has 30 heavy (non-hydrogen) atoms. The van der Waals surface area contributed by atoms with Gasteiger partial charge in [0.15, 0.2) is 0 Å². The number of fused-ring (bicyclic) bond motifs is 1. The molecule has 0 saturated heterocycles. The average molecular weight is 405 g/mol. The lowest BCUT2D eigenvalue weighted by Crippen LogP contribution is -2.25. The number of aromatic hydroxyl groups is 1. The number of rotatable bonds is 7. The highest BCUT2D eigenvalue weighted by atomic mass is 16.5. The summed E-state index contributed by atoms with van der Waals surface area (Å²) in [5.41, 5.74) is 2.93. The Hall–Kier alpha value is -3.58. The molecular formula is C23H23N3O4. The Morgan fingerprint density at radius 2 is 2.00 bits per heavy atom. The van der Waals surface area contributed by atoms with Gasteiger partial charge >= 0.3 is 0 Å². The van der Waals surface area contributed by atoms with Crippen molar-refractivity contribution in [1.29, 1.82) is 0 Å². The van der Waals surface area contributed by atoms with E-state index in [1.165, 1.54) is 4.40 Å². The molecule has 7 nitrogen and oxygen atoms in total. The van der Waals surface area contributed by atoms with E-state index in [9.17, 15) is 9.90 Å². The first-order valence-electron chi connectivity index (χ1n) is 9.61. The molecule has 0 bridgehead atoms. The Morgan fingerprint density at radius 1 is 1.13 bits per heavy atom. The van der Waals surface area contributed by atoms with Crippen LogP contribution in [-0.4, -0.2) is 26.5 Å². The van der Waals surface area contributed by atoms with Gasteiger partial charge in [-0.2, -0.15) is 0 Å². The molecule has 0 aliphatic rings. The third kappa shape index (κ3) is 4.36. The van der Waals surface area contributed by atoms with Crippen molar-refractivity contribution in [3.8, 4) is 11.5 Å². The van der Waals surface area contributed by atoms with Gasteiger partial charge in [-0.25, -0.2) is 4.98 Å². The van der Waals surface area contributed by atoms with E-state index in [1.54, 1.807) is 31.7 Å². The molecule has 0 saturated carbocycles. The maximum absolute atomic E-state index is 12.5. The Balaban J connectivity index is 1.64. The predicted molar refractivity (Wildman–Crippen MR) is 113 cm³/mol. The molecule has 3 heterocycles. The molecule has 0 aliphatic heterocycles. The van der Waals surface area contributed by atoms with Crippen molar-refractivity contribution in [1.82, 2.24) is 14.3 Å². The topological polar surface area (TPSA) is 80.2 Å². The Bertz CT molecular complexity index is 1220. The number of phenols is 1. The van der Waals surface area contributed by atoms with Crippen LogP contribution in [0.25, 0.3) is 5.65 Å². The highest BCUT2D eigenvalue weighted by Gasteiger charge is 2.15. The minimum Gasteiger partial charge on any atom is -0.507 e. The van der Waals surface area contributed by atoms with Crippen LogP contribution in [0.2, 0.25) is 0 Å². The number of nitrogens with zero attached hydrogens (tertiary/aromatic N) is 3. The molecule has 154 valence electrons. The number of furan rings is 1. The van der Waals surface area contributed by atoms with Gasteiger partial charge in [0, 0.05) is 37.0 Å². The van der Waals surface area contributed by atoms with Gasteiger partial charge in [-0.05, 0) is 42.8 Å². The molecule has 0 spiro atoms. The lowest BCUT2D eigenvalue weighted by Gasteiger charge is -2.22. The van der Waals surface area contributed by atoms with Crippen molar-refractivity contribution in [3.05, 3.63) is 93.9 Å². The van der Waals surface area contributed by atoms with Crippen molar-refractivity contribution >= 4 is 5.65 Å². The molecule has 0 aliphatic carbocycles. The normalized spacial score (nSPS) is 11.3. The van der Waals surface area contributed by atoms with E-state index in [1.807, 2.05) is 43.3 Å². The van der Waals surface area contributed by atoms with Crippen LogP contribution in [0.15, 0.2) is 70.2 Å². The first-order valence-corrected chi connectivity index (χ1v) is 9.61. The van der Waals surface area contributed by atoms with Gasteiger partial charge < -0.3 is 14.3 Å². The van der Waals surface area contributed by atoms with Crippen LogP contribution in [0.5, 0.6) is 11.5 Å². The zero-order valence-electron chi connectivity index (χ0n) is 16.9. The number of aromatic nitrogens is 2. The Labute approximate surface area is 173 Å². The first kappa shape index (κ1) is 19.7. The second-order valence-electron chi connectivity index (χ2n) is 7.24. The number of phenolic OH excluding ortho intramolecular Hbond substituents is 1. The van der Waals surface area contributed by atoms with Gasteiger partial charge in [-0.3, -0.25) is 14.1 Å². The average Bonchev–Trinajstić information content (AvgIpc) is 3.22. The molecule has 0 unspecified atom stereocenters. The molecule has 1 N–H and O–H groups in total. The zero-order chi connectivity index (χ0) is 21.1. The number of aryl methyl sites for hydroxylation is 1. The minimum atomic E-state index is -0.125. The van der Waals surface area contributed by atoms with Crippen molar-refractivity contribution in [2.24, 2.45) is 0 Å². The number of ether oxygens (including phenoxy) is 1. The van der Waals surface area contributed by atoms with E-state index in [0.29, 0.717) is 36.7 Å². The third-order valence-corrected chi connectivity index (χ3v) is 4.91. The second kappa shape index (κ2) is 8.42. The zero-order valence-corrected chi connectivity index (χ0v) is 16.9. The van der Waals surface area contributed by atoms with Crippen LogP contribution in [0.3, 0.4) is 0 Å². The standard InChI is InChI=1S/C23H23N3O4/c1-16-7-8-26-22(10-16)24-18(11-23(26)28)14-25(15-20-4-3-9-30-20)13-17-5-6-19(29-2)12-21(17)27/h3-12,27H,13-15H2,1-2H3. The van der Waals surface area contributed by atoms with Gasteiger partial charge in [0.25, 0.3) is 5.56 Å². The molecule has 7 heteroatoms. The monoisotopic (exact) mass is 405 g/mol. The second-order valence-corrected chi connectivity index (χ2v) is 7.24. The minimum absolute atomic E-state index is 0.125. The molecule has 3 aromatic heterocycles. The van der Waals surface area contributed by atoms with Crippen molar-refractivity contribution in [2.45, 2.75) is 26.6 Å². The fourth-order valence-corrected chi connectivity index (χ4v) is 3.40. The number of benzene rings is 1. The molecule has 0 amide bonds. The molecule has 0 fully saturated rings. The summed E-state index contributed by atoms with van der Waals surface area (Å²) < 4.78 is 12.2. The summed E-state index contributed by atoms with van der Waals surface area (Å²) in [4.78, 5) is 19.3. The molecule has 0 radical (unpaired) electrons. The van der Waals surface area contributed by atoms with E-state index in [-0.39, 0.29) is 11.3 Å². The maximum Gasteiger partial charge on any atom is 0.258 e. The Kier molecular flexibility index (Phi) is 5.54. The van der Waals surface area contributed by atoms with E-state index < -0.39 is 0 Å². The summed E-state index contributed by atoms with van der Waals surface area (Å²) in [6, 6.07) is 14.3. The number of hydrogen-bond donors (Lipinski definition) is 1. The predicted octanol–water partition coefficient (Wildman–Crippen LogP) is 3.51. The van der Waals surface area contributed by atoms with Crippen molar-refractivity contribution in [3.63, 3.8) is 0 Å². The molecule has 4 aromatic rings. The van der Waals surface area contributed by atoms with Crippen LogP contribution < -0.4 is 10.3 Å². The van der Waals surface area contributed by atoms with E-state index in [2.05, 4.69) is 9.88 Å². The molecule has 4 rings (SSSR count). The lowest BCUT2D eigenvalue weighted by molar-refractivity contribution is 0.221. The SMILES string of the molecule is COc1ccc(CN(Cc2cc(=O)n3ccc(C)cc3n2)Cc2ccco2)c(O)c1. The fourth-order valence-electron chi connectivity index (χ4n) is 3.40. The highest BCUT2D eigenvalue weighted by molar-refractivity contribution is 5.42. The molecule has 0 atom stereocenters. The first-order chi connectivity index (χ1) is 14.5. The van der Waals surface area contributed by atoms with Crippen LogP contribution in [0.4, 0.5) is 0 Å². The summed E-state index contributed by atoms with van der Waals surface area (Å²) in [5.74, 6) is 1.53. The van der Waals surface area contributed by atoms with E-state index in [4.69, 9.17) is 9.15 Å². The van der Waals surface area contributed by atoms with Gasteiger partial charge in [0.2, 0.25) is 0 Å². The van der Waals surface area contributed by atoms with Gasteiger partial charge in [0.05, 0.1) is 25.6 Å². The summed E-state index contributed by atoms with van der Waals surface area (Å²) >= 11 is 0. The number of pyridine rings is 1. The summed E-state index contributed by atoms with van der Waals surface area (Å²) in [7, 11) is 1.56. The third-order valence-electron chi connectivity index (χ3n) is 4.91. The van der Waals surface area contributed by atoms with Crippen LogP contribution in [0, 0.1) is 6.92 Å².